The predicted molar refractivity (Wildman–Crippen MR) is 84.1 cm³/mol. The minimum atomic E-state index is -0.291. The lowest BCUT2D eigenvalue weighted by Gasteiger charge is -2.34. The van der Waals surface area contributed by atoms with Gasteiger partial charge in [0.05, 0.1) is 11.0 Å². The summed E-state index contributed by atoms with van der Waals surface area (Å²) in [7, 11) is 0. The number of nitrogens with two attached hydrogens (primary N) is 1. The third kappa shape index (κ3) is 3.80. The molecule has 116 valence electrons. The van der Waals surface area contributed by atoms with Gasteiger partial charge in [0.2, 0.25) is 0 Å². The Morgan fingerprint density at radius 3 is 2.76 bits per heavy atom. The van der Waals surface area contributed by atoms with E-state index in [1.165, 1.54) is 0 Å². The number of benzene rings is 1. The molecule has 0 aliphatic carbocycles. The Balaban J connectivity index is 2.41. The summed E-state index contributed by atoms with van der Waals surface area (Å²) in [6.07, 6.45) is 3.12. The number of hydrogen-bond acceptors (Lipinski definition) is 4. The van der Waals surface area contributed by atoms with Crippen molar-refractivity contribution in [1.82, 2.24) is 4.90 Å². The Kier molecular flexibility index (Phi) is 5.31. The second kappa shape index (κ2) is 7.00. The molecule has 2 atom stereocenters. The van der Waals surface area contributed by atoms with Crippen molar-refractivity contribution >= 4 is 5.69 Å². The molecular formula is C16H25N3O2. The van der Waals surface area contributed by atoms with E-state index in [-0.39, 0.29) is 22.7 Å². The van der Waals surface area contributed by atoms with Crippen LogP contribution in [0.15, 0.2) is 24.3 Å². The van der Waals surface area contributed by atoms with E-state index in [2.05, 4.69) is 18.7 Å². The molecule has 5 heteroatoms. The Hall–Kier alpha value is -1.46. The fraction of sp³-hybridized carbons (Fsp3) is 0.625. The molecule has 0 aromatic heterocycles. The maximum Gasteiger partial charge on any atom is 0.274 e. The maximum atomic E-state index is 11.3. The highest BCUT2D eigenvalue weighted by Crippen LogP contribution is 2.35. The Labute approximate surface area is 126 Å². The maximum absolute atomic E-state index is 11.3. The summed E-state index contributed by atoms with van der Waals surface area (Å²) < 4.78 is 0. The largest absolute Gasteiger partial charge is 0.326 e. The molecule has 0 amide bonds. The number of likely N-dealkylation sites (tertiary alicyclic amines) is 1. The lowest BCUT2D eigenvalue weighted by molar-refractivity contribution is -0.386. The van der Waals surface area contributed by atoms with Crippen molar-refractivity contribution in [3.8, 4) is 0 Å². The van der Waals surface area contributed by atoms with E-state index in [1.807, 2.05) is 12.1 Å². The van der Waals surface area contributed by atoms with Crippen molar-refractivity contribution in [2.24, 2.45) is 11.7 Å². The number of nitro groups is 1. The lowest BCUT2D eigenvalue weighted by Crippen LogP contribution is -2.41. The molecule has 1 aromatic carbocycles. The van der Waals surface area contributed by atoms with Crippen LogP contribution >= 0.6 is 0 Å². The first-order valence-corrected chi connectivity index (χ1v) is 7.73. The van der Waals surface area contributed by atoms with E-state index in [1.54, 1.807) is 12.1 Å². The molecule has 0 bridgehead atoms. The average Bonchev–Trinajstić information content (AvgIpc) is 2.60. The van der Waals surface area contributed by atoms with Gasteiger partial charge in [-0.1, -0.05) is 38.5 Å². The Morgan fingerprint density at radius 1 is 1.38 bits per heavy atom. The molecule has 2 rings (SSSR count). The van der Waals surface area contributed by atoms with E-state index in [0.717, 1.165) is 37.9 Å². The number of para-hydroxylation sites is 1. The summed E-state index contributed by atoms with van der Waals surface area (Å²) >= 11 is 0. The summed E-state index contributed by atoms with van der Waals surface area (Å²) in [5.41, 5.74) is 7.33. The van der Waals surface area contributed by atoms with Gasteiger partial charge in [-0.25, -0.2) is 0 Å². The van der Waals surface area contributed by atoms with Crippen molar-refractivity contribution in [2.45, 2.75) is 45.2 Å². The summed E-state index contributed by atoms with van der Waals surface area (Å²) in [5.74, 6) is 0.514. The number of nitro benzene ring substituents is 1. The van der Waals surface area contributed by atoms with Crippen molar-refractivity contribution < 1.29 is 4.92 Å². The third-order valence-electron chi connectivity index (χ3n) is 4.08. The predicted octanol–water partition coefficient (Wildman–Crippen LogP) is 3.11. The minimum Gasteiger partial charge on any atom is -0.326 e. The molecule has 2 N–H and O–H groups in total. The first-order valence-electron chi connectivity index (χ1n) is 7.73. The van der Waals surface area contributed by atoms with E-state index in [0.29, 0.717) is 5.92 Å². The van der Waals surface area contributed by atoms with Crippen LogP contribution in [0.25, 0.3) is 0 Å². The first kappa shape index (κ1) is 15.9. The standard InChI is InChI=1S/C16H25N3O2/c1-12(2)11-18-10-6-5-8-14(17)16(18)13-7-3-4-9-15(13)19(20)21/h3-4,7,9,12,14,16H,5-6,8,10-11,17H2,1-2H3. The molecule has 0 saturated carbocycles. The van der Waals surface area contributed by atoms with Gasteiger partial charge in [0, 0.05) is 24.2 Å². The van der Waals surface area contributed by atoms with Crippen molar-refractivity contribution in [3.05, 3.63) is 39.9 Å². The highest BCUT2D eigenvalue weighted by Gasteiger charge is 2.33. The molecule has 1 saturated heterocycles. The van der Waals surface area contributed by atoms with E-state index >= 15 is 0 Å². The van der Waals surface area contributed by atoms with Gasteiger partial charge in [-0.05, 0) is 25.3 Å². The lowest BCUT2D eigenvalue weighted by atomic mass is 9.94. The van der Waals surface area contributed by atoms with Crippen LogP contribution in [0.4, 0.5) is 5.69 Å². The number of rotatable bonds is 4. The monoisotopic (exact) mass is 291 g/mol. The summed E-state index contributed by atoms with van der Waals surface area (Å²) in [6, 6.07) is 6.93. The van der Waals surface area contributed by atoms with Crippen LogP contribution in [0, 0.1) is 16.0 Å². The molecule has 0 spiro atoms. The van der Waals surface area contributed by atoms with Crippen LogP contribution < -0.4 is 5.73 Å². The van der Waals surface area contributed by atoms with Crippen molar-refractivity contribution in [3.63, 3.8) is 0 Å². The van der Waals surface area contributed by atoms with Crippen LogP contribution in [-0.2, 0) is 0 Å². The van der Waals surface area contributed by atoms with Gasteiger partial charge in [-0.15, -0.1) is 0 Å². The zero-order valence-corrected chi connectivity index (χ0v) is 12.9. The van der Waals surface area contributed by atoms with Crippen LogP contribution in [0.1, 0.15) is 44.7 Å². The van der Waals surface area contributed by atoms with Gasteiger partial charge in [0.15, 0.2) is 0 Å². The molecule has 1 fully saturated rings. The summed E-state index contributed by atoms with van der Waals surface area (Å²) in [4.78, 5) is 13.4. The zero-order valence-electron chi connectivity index (χ0n) is 12.9. The first-order chi connectivity index (χ1) is 10.0. The van der Waals surface area contributed by atoms with Gasteiger partial charge in [0.25, 0.3) is 5.69 Å². The molecule has 5 nitrogen and oxygen atoms in total. The van der Waals surface area contributed by atoms with Gasteiger partial charge < -0.3 is 5.73 Å². The number of hydrogen-bond donors (Lipinski definition) is 1. The molecule has 0 radical (unpaired) electrons. The summed E-state index contributed by atoms with van der Waals surface area (Å²) in [5, 5.41) is 11.3. The molecule has 1 aliphatic heterocycles. The van der Waals surface area contributed by atoms with Crippen LogP contribution in [0.3, 0.4) is 0 Å². The fourth-order valence-corrected chi connectivity index (χ4v) is 3.27. The second-order valence-corrected chi connectivity index (χ2v) is 6.31. The van der Waals surface area contributed by atoms with Crippen molar-refractivity contribution in [2.75, 3.05) is 13.1 Å². The van der Waals surface area contributed by atoms with Gasteiger partial charge >= 0.3 is 0 Å². The molecule has 2 unspecified atom stereocenters. The van der Waals surface area contributed by atoms with Gasteiger partial charge in [-0.2, -0.15) is 0 Å². The minimum absolute atomic E-state index is 0.0488. The van der Waals surface area contributed by atoms with Crippen LogP contribution in [-0.4, -0.2) is 29.0 Å². The average molecular weight is 291 g/mol. The van der Waals surface area contributed by atoms with Crippen LogP contribution in [0.5, 0.6) is 0 Å². The molecule has 1 aliphatic rings. The smallest absolute Gasteiger partial charge is 0.274 e. The van der Waals surface area contributed by atoms with Crippen LogP contribution in [0.2, 0.25) is 0 Å². The van der Waals surface area contributed by atoms with Gasteiger partial charge in [0.1, 0.15) is 0 Å². The van der Waals surface area contributed by atoms with Crippen molar-refractivity contribution in [1.29, 1.82) is 0 Å². The molecular weight excluding hydrogens is 266 g/mol. The normalized spacial score (nSPS) is 24.0. The Bertz CT molecular complexity index is 490. The molecule has 21 heavy (non-hydrogen) atoms. The van der Waals surface area contributed by atoms with E-state index < -0.39 is 0 Å². The third-order valence-corrected chi connectivity index (χ3v) is 4.08. The topological polar surface area (TPSA) is 72.4 Å². The fourth-order valence-electron chi connectivity index (χ4n) is 3.27. The highest BCUT2D eigenvalue weighted by atomic mass is 16.6. The van der Waals surface area contributed by atoms with E-state index in [4.69, 9.17) is 5.73 Å². The number of nitrogens with zero attached hydrogens (tertiary/aromatic N) is 2. The molecule has 1 aromatic rings. The quantitative estimate of drug-likeness (QED) is 0.683. The van der Waals surface area contributed by atoms with Gasteiger partial charge in [-0.3, -0.25) is 15.0 Å². The Morgan fingerprint density at radius 2 is 2.10 bits per heavy atom. The highest BCUT2D eigenvalue weighted by molar-refractivity contribution is 5.43. The second-order valence-electron chi connectivity index (χ2n) is 6.31. The summed E-state index contributed by atoms with van der Waals surface area (Å²) in [6.45, 7) is 6.23. The molecule has 1 heterocycles. The SMILES string of the molecule is CC(C)CN1CCCCC(N)C1c1ccccc1[N+](=O)[O-]. The zero-order chi connectivity index (χ0) is 15.4. The van der Waals surface area contributed by atoms with E-state index in [9.17, 15) is 10.1 Å².